The maximum atomic E-state index is 11.9. The lowest BCUT2D eigenvalue weighted by Gasteiger charge is -2.06. The highest BCUT2D eigenvalue weighted by Gasteiger charge is 2.12. The summed E-state index contributed by atoms with van der Waals surface area (Å²) in [4.78, 5) is 23.7. The molecule has 0 saturated heterocycles. The molecule has 0 bridgehead atoms. The minimum absolute atomic E-state index is 0.289. The molecule has 0 amide bonds. The van der Waals surface area contributed by atoms with Crippen LogP contribution in [0.2, 0.25) is 5.02 Å². The van der Waals surface area contributed by atoms with Crippen LogP contribution in [0.15, 0.2) is 48.5 Å². The number of methoxy groups -OCH3 is 1. The molecule has 0 aromatic heterocycles. The molecule has 0 unspecified atom stereocenters. The Morgan fingerprint density at radius 2 is 1.76 bits per heavy atom. The quantitative estimate of drug-likeness (QED) is 0.627. The Balaban J connectivity index is 1.97. The molecule has 2 aromatic carbocycles. The van der Waals surface area contributed by atoms with E-state index in [0.717, 1.165) is 0 Å². The van der Waals surface area contributed by atoms with Crippen molar-refractivity contribution in [1.29, 1.82) is 0 Å². The monoisotopic (exact) mass is 304 g/mol. The molecule has 0 heterocycles. The van der Waals surface area contributed by atoms with Gasteiger partial charge in [0.15, 0.2) is 12.4 Å². The van der Waals surface area contributed by atoms with Crippen LogP contribution in [0.1, 0.15) is 20.7 Å². The standard InChI is InChI=1S/C16H13ClO4/c1-20-14-4-2-3-12(9-14)16(19)21-10-15(18)11-5-7-13(17)8-6-11/h2-9H,10H2,1H3. The van der Waals surface area contributed by atoms with E-state index in [1.807, 2.05) is 0 Å². The van der Waals surface area contributed by atoms with Crippen molar-refractivity contribution in [2.75, 3.05) is 13.7 Å². The van der Waals surface area contributed by atoms with Crippen LogP contribution in [0.25, 0.3) is 0 Å². The normalized spacial score (nSPS) is 10.0. The van der Waals surface area contributed by atoms with E-state index in [1.165, 1.54) is 7.11 Å². The SMILES string of the molecule is COc1cccc(C(=O)OCC(=O)c2ccc(Cl)cc2)c1. The molecule has 0 atom stereocenters. The number of carbonyl (C=O) groups is 2. The van der Waals surface area contributed by atoms with Crippen molar-refractivity contribution in [3.05, 3.63) is 64.7 Å². The van der Waals surface area contributed by atoms with Gasteiger partial charge in [-0.1, -0.05) is 17.7 Å². The fourth-order valence-electron chi connectivity index (χ4n) is 1.68. The molecule has 4 nitrogen and oxygen atoms in total. The fourth-order valence-corrected chi connectivity index (χ4v) is 1.81. The first-order chi connectivity index (χ1) is 10.1. The number of benzene rings is 2. The van der Waals surface area contributed by atoms with E-state index in [2.05, 4.69) is 0 Å². The zero-order valence-corrected chi connectivity index (χ0v) is 12.1. The summed E-state index contributed by atoms with van der Waals surface area (Å²) in [6.07, 6.45) is 0. The van der Waals surface area contributed by atoms with Gasteiger partial charge in [-0.05, 0) is 42.5 Å². The van der Waals surface area contributed by atoms with Gasteiger partial charge in [0.05, 0.1) is 12.7 Å². The zero-order valence-electron chi connectivity index (χ0n) is 11.3. The highest BCUT2D eigenvalue weighted by atomic mass is 35.5. The highest BCUT2D eigenvalue weighted by molar-refractivity contribution is 6.30. The van der Waals surface area contributed by atoms with Gasteiger partial charge in [0.25, 0.3) is 0 Å². The lowest BCUT2D eigenvalue weighted by atomic mass is 10.1. The third-order valence-corrected chi connectivity index (χ3v) is 3.06. The topological polar surface area (TPSA) is 52.6 Å². The van der Waals surface area contributed by atoms with E-state index >= 15 is 0 Å². The zero-order chi connectivity index (χ0) is 15.2. The van der Waals surface area contributed by atoms with Crippen LogP contribution in [0.3, 0.4) is 0 Å². The minimum Gasteiger partial charge on any atom is -0.497 e. The van der Waals surface area contributed by atoms with E-state index in [9.17, 15) is 9.59 Å². The summed E-state index contributed by atoms with van der Waals surface area (Å²) >= 11 is 5.74. The fraction of sp³-hybridized carbons (Fsp3) is 0.125. The summed E-state index contributed by atoms with van der Waals surface area (Å²) in [5, 5.41) is 0.542. The van der Waals surface area contributed by atoms with E-state index in [0.29, 0.717) is 21.9 Å². The first kappa shape index (κ1) is 15.1. The van der Waals surface area contributed by atoms with Gasteiger partial charge in [-0.3, -0.25) is 4.79 Å². The van der Waals surface area contributed by atoms with E-state index < -0.39 is 5.97 Å². The predicted octanol–water partition coefficient (Wildman–Crippen LogP) is 3.39. The Labute approximate surface area is 127 Å². The molecule has 2 aromatic rings. The number of rotatable bonds is 5. The molecular weight excluding hydrogens is 292 g/mol. The van der Waals surface area contributed by atoms with Gasteiger partial charge >= 0.3 is 5.97 Å². The van der Waals surface area contributed by atoms with Crippen LogP contribution in [0.4, 0.5) is 0 Å². The summed E-state index contributed by atoms with van der Waals surface area (Å²) < 4.78 is 10.0. The van der Waals surface area contributed by atoms with Gasteiger partial charge < -0.3 is 9.47 Å². The number of ketones is 1. The lowest BCUT2D eigenvalue weighted by molar-refractivity contribution is 0.0474. The van der Waals surface area contributed by atoms with Gasteiger partial charge in [0.2, 0.25) is 0 Å². The Morgan fingerprint density at radius 1 is 1.05 bits per heavy atom. The van der Waals surface area contributed by atoms with Gasteiger partial charge in [0.1, 0.15) is 5.75 Å². The van der Waals surface area contributed by atoms with Crippen molar-refractivity contribution in [3.8, 4) is 5.75 Å². The van der Waals surface area contributed by atoms with Crippen molar-refractivity contribution in [1.82, 2.24) is 0 Å². The molecule has 0 fully saturated rings. The third-order valence-electron chi connectivity index (χ3n) is 2.81. The summed E-state index contributed by atoms with van der Waals surface area (Å²) in [5.74, 6) is -0.312. The smallest absolute Gasteiger partial charge is 0.338 e. The van der Waals surface area contributed by atoms with Crippen molar-refractivity contribution in [3.63, 3.8) is 0 Å². The van der Waals surface area contributed by atoms with Crippen LogP contribution in [0.5, 0.6) is 5.75 Å². The van der Waals surface area contributed by atoms with Crippen molar-refractivity contribution < 1.29 is 19.1 Å². The number of ether oxygens (including phenoxy) is 2. The van der Waals surface area contributed by atoms with Crippen LogP contribution < -0.4 is 4.74 Å². The van der Waals surface area contributed by atoms with Gasteiger partial charge in [-0.2, -0.15) is 0 Å². The molecule has 21 heavy (non-hydrogen) atoms. The van der Waals surface area contributed by atoms with Gasteiger partial charge in [0, 0.05) is 10.6 Å². The number of halogens is 1. The summed E-state index contributed by atoms with van der Waals surface area (Å²) in [5.41, 5.74) is 0.774. The van der Waals surface area contributed by atoms with E-state index in [-0.39, 0.29) is 12.4 Å². The van der Waals surface area contributed by atoms with E-state index in [1.54, 1.807) is 48.5 Å². The molecular formula is C16H13ClO4. The second kappa shape index (κ2) is 6.90. The van der Waals surface area contributed by atoms with Crippen molar-refractivity contribution in [2.45, 2.75) is 0 Å². The number of Topliss-reactive ketones (excluding diaryl/α,β-unsaturated/α-hetero) is 1. The molecule has 0 aliphatic carbocycles. The first-order valence-electron chi connectivity index (χ1n) is 6.20. The van der Waals surface area contributed by atoms with Crippen molar-refractivity contribution >= 4 is 23.4 Å². The molecule has 0 aliphatic rings. The summed E-state index contributed by atoms with van der Waals surface area (Å²) in [6, 6.07) is 12.9. The largest absolute Gasteiger partial charge is 0.497 e. The molecule has 0 N–H and O–H groups in total. The van der Waals surface area contributed by atoms with Gasteiger partial charge in [-0.15, -0.1) is 0 Å². The first-order valence-corrected chi connectivity index (χ1v) is 6.58. The Kier molecular flexibility index (Phi) is 4.95. The maximum absolute atomic E-state index is 11.9. The van der Waals surface area contributed by atoms with Crippen LogP contribution in [-0.4, -0.2) is 25.5 Å². The lowest BCUT2D eigenvalue weighted by Crippen LogP contribution is -2.14. The van der Waals surface area contributed by atoms with Crippen molar-refractivity contribution in [2.24, 2.45) is 0 Å². The second-order valence-corrected chi connectivity index (χ2v) is 4.67. The number of hydrogen-bond donors (Lipinski definition) is 0. The van der Waals surface area contributed by atoms with E-state index in [4.69, 9.17) is 21.1 Å². The number of hydrogen-bond acceptors (Lipinski definition) is 4. The number of esters is 1. The van der Waals surface area contributed by atoms with Gasteiger partial charge in [-0.25, -0.2) is 4.79 Å². The second-order valence-electron chi connectivity index (χ2n) is 4.24. The average Bonchev–Trinajstić information content (AvgIpc) is 2.53. The average molecular weight is 305 g/mol. The molecule has 0 saturated carbocycles. The maximum Gasteiger partial charge on any atom is 0.338 e. The molecule has 5 heteroatoms. The molecule has 0 radical (unpaired) electrons. The third kappa shape index (κ3) is 4.07. The Bertz CT molecular complexity index is 650. The van der Waals surface area contributed by atoms with Crippen LogP contribution >= 0.6 is 11.6 Å². The van der Waals surface area contributed by atoms with Crippen LogP contribution in [-0.2, 0) is 4.74 Å². The van der Waals surface area contributed by atoms with Crippen LogP contribution in [0, 0.1) is 0 Å². The minimum atomic E-state index is -0.573. The predicted molar refractivity (Wildman–Crippen MR) is 79.1 cm³/mol. The summed E-state index contributed by atoms with van der Waals surface area (Å²) in [6.45, 7) is -0.322. The summed E-state index contributed by atoms with van der Waals surface area (Å²) in [7, 11) is 1.51. The molecule has 2 rings (SSSR count). The number of carbonyl (C=O) groups excluding carboxylic acids is 2. The highest BCUT2D eigenvalue weighted by Crippen LogP contribution is 2.14. The molecule has 0 aliphatic heterocycles. The Hall–Kier alpha value is -2.33. The molecule has 108 valence electrons. The molecule has 0 spiro atoms. The Morgan fingerprint density at radius 3 is 2.43 bits per heavy atom.